The molecule has 0 radical (unpaired) electrons. The Kier molecular flexibility index (Phi) is 2.02. The van der Waals surface area contributed by atoms with Crippen molar-refractivity contribution < 1.29 is 9.47 Å². The second kappa shape index (κ2) is 3.03. The van der Waals surface area contributed by atoms with Gasteiger partial charge in [0.25, 0.3) is 0 Å². The van der Waals surface area contributed by atoms with E-state index >= 15 is 0 Å². The fourth-order valence-electron chi connectivity index (χ4n) is 1.02. The summed E-state index contributed by atoms with van der Waals surface area (Å²) in [6, 6.07) is 5.71. The lowest BCUT2D eigenvalue weighted by atomic mass is 10.2. The van der Waals surface area contributed by atoms with Crippen LogP contribution in [0.1, 0.15) is 5.56 Å². The molecule has 1 heterocycles. The monoisotopic (exact) mass is 244 g/mol. The molecule has 2 nitrogen and oxygen atoms in total. The summed E-state index contributed by atoms with van der Waals surface area (Å²) >= 11 is 8.16. The summed E-state index contributed by atoms with van der Waals surface area (Å²) in [7, 11) is 0. The summed E-state index contributed by atoms with van der Waals surface area (Å²) in [5, 5.41) is 0.195. The number of halogens is 1. The van der Waals surface area contributed by atoms with E-state index in [4.69, 9.17) is 21.7 Å². The zero-order valence-corrected chi connectivity index (χ0v) is 8.44. The van der Waals surface area contributed by atoms with Crippen LogP contribution in [0.5, 0.6) is 5.75 Å². The van der Waals surface area contributed by atoms with Gasteiger partial charge in [-0.3, -0.25) is 0 Å². The van der Waals surface area contributed by atoms with Gasteiger partial charge < -0.3 is 9.47 Å². The molecule has 1 aromatic rings. The smallest absolute Gasteiger partial charge is 0.358 e. The van der Waals surface area contributed by atoms with Crippen molar-refractivity contribution in [1.29, 1.82) is 0 Å². The van der Waals surface area contributed by atoms with E-state index in [1.807, 2.05) is 18.2 Å². The first-order valence-electron chi connectivity index (χ1n) is 3.39. The molecule has 1 aliphatic rings. The van der Waals surface area contributed by atoms with Crippen LogP contribution in [-0.2, 0) is 11.3 Å². The van der Waals surface area contributed by atoms with Crippen LogP contribution in [0.25, 0.3) is 0 Å². The lowest BCUT2D eigenvalue weighted by molar-refractivity contribution is 0.210. The summed E-state index contributed by atoms with van der Waals surface area (Å²) in [6.45, 7) is 0.482. The average molecular weight is 245 g/mol. The molecular formula is C8H5BrO2S. The normalized spacial score (nSPS) is 14.6. The molecule has 0 N–H and O–H groups in total. The Morgan fingerprint density at radius 2 is 2.25 bits per heavy atom. The zero-order chi connectivity index (χ0) is 8.55. The van der Waals surface area contributed by atoms with Crippen LogP contribution in [-0.4, -0.2) is 5.24 Å². The van der Waals surface area contributed by atoms with Gasteiger partial charge in [0.05, 0.1) is 0 Å². The predicted molar refractivity (Wildman–Crippen MR) is 52.2 cm³/mol. The first-order valence-corrected chi connectivity index (χ1v) is 4.59. The maximum absolute atomic E-state index is 5.19. The Balaban J connectivity index is 2.48. The number of ether oxygens (including phenoxy) is 2. The SMILES string of the molecule is S=C1OCc2c(Br)cccc2O1. The van der Waals surface area contributed by atoms with Crippen molar-refractivity contribution in [2.45, 2.75) is 6.61 Å². The van der Waals surface area contributed by atoms with E-state index in [1.54, 1.807) is 0 Å². The second-order valence-corrected chi connectivity index (χ2v) is 3.54. The molecule has 0 saturated heterocycles. The molecule has 1 aliphatic heterocycles. The van der Waals surface area contributed by atoms with Crippen LogP contribution in [0.2, 0.25) is 0 Å². The molecule has 0 spiro atoms. The largest absolute Gasteiger partial charge is 0.452 e. The summed E-state index contributed by atoms with van der Waals surface area (Å²) in [4.78, 5) is 0. The minimum absolute atomic E-state index is 0.195. The van der Waals surface area contributed by atoms with E-state index in [-0.39, 0.29) is 5.24 Å². The number of hydrogen-bond acceptors (Lipinski definition) is 3. The lowest BCUT2D eigenvalue weighted by Gasteiger charge is -2.18. The summed E-state index contributed by atoms with van der Waals surface area (Å²) in [5.74, 6) is 0.778. The number of thiocarbonyl (C=S) groups is 1. The van der Waals surface area contributed by atoms with Gasteiger partial charge >= 0.3 is 5.24 Å². The first-order chi connectivity index (χ1) is 5.77. The fraction of sp³-hybridized carbons (Fsp3) is 0.125. The Morgan fingerprint density at radius 1 is 1.42 bits per heavy atom. The molecule has 12 heavy (non-hydrogen) atoms. The van der Waals surface area contributed by atoms with E-state index in [9.17, 15) is 0 Å². The van der Waals surface area contributed by atoms with Gasteiger partial charge in [-0.15, -0.1) is 0 Å². The van der Waals surface area contributed by atoms with E-state index in [1.165, 1.54) is 0 Å². The van der Waals surface area contributed by atoms with Gasteiger partial charge in [0.2, 0.25) is 0 Å². The molecule has 2 rings (SSSR count). The number of fused-ring (bicyclic) bond motifs is 1. The topological polar surface area (TPSA) is 18.5 Å². The van der Waals surface area contributed by atoms with Crippen LogP contribution in [0.15, 0.2) is 22.7 Å². The maximum atomic E-state index is 5.19. The average Bonchev–Trinajstić information content (AvgIpc) is 2.04. The standard InChI is InChI=1S/C8H5BrO2S/c9-6-2-1-3-7-5(6)4-10-8(12)11-7/h1-3H,4H2. The quantitative estimate of drug-likeness (QED) is 0.654. The molecule has 0 saturated carbocycles. The van der Waals surface area contributed by atoms with Crippen molar-refractivity contribution in [3.05, 3.63) is 28.2 Å². The van der Waals surface area contributed by atoms with Crippen molar-refractivity contribution in [3.8, 4) is 5.75 Å². The number of rotatable bonds is 0. The maximum Gasteiger partial charge on any atom is 0.358 e. The van der Waals surface area contributed by atoms with Crippen LogP contribution in [0, 0.1) is 0 Å². The predicted octanol–water partition coefficient (Wildman–Crippen LogP) is 2.64. The number of hydrogen-bond donors (Lipinski definition) is 0. The molecule has 0 aromatic heterocycles. The van der Waals surface area contributed by atoms with Gasteiger partial charge in [0.1, 0.15) is 12.4 Å². The molecule has 1 aromatic carbocycles. The highest BCUT2D eigenvalue weighted by Gasteiger charge is 2.16. The molecule has 4 heteroatoms. The third kappa shape index (κ3) is 1.32. The van der Waals surface area contributed by atoms with Gasteiger partial charge in [0, 0.05) is 22.3 Å². The van der Waals surface area contributed by atoms with Gasteiger partial charge in [-0.25, -0.2) is 0 Å². The summed E-state index contributed by atoms with van der Waals surface area (Å²) in [6.07, 6.45) is 0. The van der Waals surface area contributed by atoms with Crippen molar-refractivity contribution in [3.63, 3.8) is 0 Å². The highest BCUT2D eigenvalue weighted by molar-refractivity contribution is 9.10. The van der Waals surface area contributed by atoms with Gasteiger partial charge in [0.15, 0.2) is 0 Å². The van der Waals surface area contributed by atoms with E-state index in [0.717, 1.165) is 15.8 Å². The zero-order valence-electron chi connectivity index (χ0n) is 6.04. The summed E-state index contributed by atoms with van der Waals surface area (Å²) < 4.78 is 11.2. The van der Waals surface area contributed by atoms with Crippen LogP contribution < -0.4 is 4.74 Å². The minimum atomic E-state index is 0.195. The van der Waals surface area contributed by atoms with Crippen molar-refractivity contribution >= 4 is 33.4 Å². The molecule has 0 aliphatic carbocycles. The Labute approximate surface area is 83.6 Å². The van der Waals surface area contributed by atoms with Crippen LogP contribution in [0.3, 0.4) is 0 Å². The molecule has 0 bridgehead atoms. The molecule has 0 atom stereocenters. The third-order valence-corrected chi connectivity index (χ3v) is 2.55. The van der Waals surface area contributed by atoms with Crippen LogP contribution >= 0.6 is 28.1 Å². The fourth-order valence-corrected chi connectivity index (χ4v) is 1.64. The Bertz CT molecular complexity index is 338. The van der Waals surface area contributed by atoms with E-state index in [0.29, 0.717) is 6.61 Å². The Hall–Kier alpha value is -0.610. The van der Waals surface area contributed by atoms with Gasteiger partial charge in [-0.1, -0.05) is 22.0 Å². The molecular weight excluding hydrogens is 240 g/mol. The minimum Gasteiger partial charge on any atom is -0.452 e. The summed E-state index contributed by atoms with van der Waals surface area (Å²) in [5.41, 5.74) is 1.01. The van der Waals surface area contributed by atoms with Crippen molar-refractivity contribution in [2.75, 3.05) is 0 Å². The highest BCUT2D eigenvalue weighted by Crippen LogP contribution is 2.30. The molecule has 0 unspecified atom stereocenters. The third-order valence-electron chi connectivity index (χ3n) is 1.60. The highest BCUT2D eigenvalue weighted by atomic mass is 79.9. The molecule has 0 amide bonds. The number of benzene rings is 1. The van der Waals surface area contributed by atoms with E-state index < -0.39 is 0 Å². The van der Waals surface area contributed by atoms with Gasteiger partial charge in [-0.2, -0.15) is 0 Å². The lowest BCUT2D eigenvalue weighted by Crippen LogP contribution is -2.17. The molecule has 62 valence electrons. The second-order valence-electron chi connectivity index (χ2n) is 2.36. The van der Waals surface area contributed by atoms with Crippen molar-refractivity contribution in [2.24, 2.45) is 0 Å². The van der Waals surface area contributed by atoms with Gasteiger partial charge in [-0.05, 0) is 12.1 Å². The Morgan fingerprint density at radius 3 is 3.08 bits per heavy atom. The molecule has 0 fully saturated rings. The first kappa shape index (κ1) is 8.01. The van der Waals surface area contributed by atoms with Crippen molar-refractivity contribution in [1.82, 2.24) is 0 Å². The van der Waals surface area contributed by atoms with E-state index in [2.05, 4.69) is 15.9 Å². The van der Waals surface area contributed by atoms with Crippen LogP contribution in [0.4, 0.5) is 0 Å².